The van der Waals surface area contributed by atoms with Crippen LogP contribution in [0.3, 0.4) is 0 Å². The molecule has 0 spiro atoms. The lowest BCUT2D eigenvalue weighted by molar-refractivity contribution is 1.20. The van der Waals surface area contributed by atoms with Crippen molar-refractivity contribution in [2.24, 2.45) is 0 Å². The minimum atomic E-state index is 0.932. The van der Waals surface area contributed by atoms with E-state index in [1.54, 1.807) is 11.3 Å². The van der Waals surface area contributed by atoms with Crippen LogP contribution < -0.4 is 10.6 Å². The molecule has 1 aromatic heterocycles. The van der Waals surface area contributed by atoms with Crippen LogP contribution in [0.4, 0.5) is 11.4 Å². The Hall–Kier alpha value is -1.94. The van der Waals surface area contributed by atoms with E-state index in [0.717, 1.165) is 24.1 Å². The van der Waals surface area contributed by atoms with Gasteiger partial charge < -0.3 is 10.6 Å². The first kappa shape index (κ1) is 15.0. The molecule has 22 heavy (non-hydrogen) atoms. The van der Waals surface area contributed by atoms with Crippen molar-refractivity contribution in [3.63, 3.8) is 0 Å². The van der Waals surface area contributed by atoms with E-state index in [2.05, 4.69) is 62.6 Å². The maximum atomic E-state index is 4.86. The van der Waals surface area contributed by atoms with Crippen molar-refractivity contribution in [1.29, 1.82) is 0 Å². The monoisotopic (exact) mass is 312 g/mol. The molecule has 0 saturated carbocycles. The second kappa shape index (κ2) is 6.05. The number of aryl methyl sites for hydroxylation is 2. The fourth-order valence-corrected chi connectivity index (χ4v) is 3.70. The third-order valence-electron chi connectivity index (χ3n) is 3.81. The van der Waals surface area contributed by atoms with Gasteiger partial charge in [0.2, 0.25) is 11.3 Å². The SMILES string of the molecule is CCNc1cc2[s+]c3cc(NCC)c(C)cc3nc2cc1C. The third kappa shape index (κ3) is 2.71. The van der Waals surface area contributed by atoms with Crippen molar-refractivity contribution in [3.05, 3.63) is 35.4 Å². The Balaban J connectivity index is 2.22. The Labute approximate surface area is 135 Å². The molecule has 1 heterocycles. The molecule has 2 aromatic carbocycles. The Kier molecular flexibility index (Phi) is 4.12. The molecule has 0 unspecified atom stereocenters. The average molecular weight is 312 g/mol. The Morgan fingerprint density at radius 2 is 1.27 bits per heavy atom. The first-order valence-corrected chi connectivity index (χ1v) is 8.60. The summed E-state index contributed by atoms with van der Waals surface area (Å²) in [5, 5.41) is 6.85. The van der Waals surface area contributed by atoms with E-state index in [1.165, 1.54) is 31.9 Å². The van der Waals surface area contributed by atoms with Gasteiger partial charge >= 0.3 is 0 Å². The van der Waals surface area contributed by atoms with Gasteiger partial charge in [-0.3, -0.25) is 0 Å². The summed E-state index contributed by atoms with van der Waals surface area (Å²) >= 11 is 1.81. The maximum absolute atomic E-state index is 4.86. The van der Waals surface area contributed by atoms with Gasteiger partial charge in [-0.2, -0.15) is 0 Å². The molecule has 0 bridgehead atoms. The summed E-state index contributed by atoms with van der Waals surface area (Å²) in [6.07, 6.45) is 0. The first-order valence-electron chi connectivity index (χ1n) is 7.79. The van der Waals surface area contributed by atoms with Gasteiger partial charge in [-0.25, -0.2) is 4.98 Å². The molecule has 0 fully saturated rings. The van der Waals surface area contributed by atoms with E-state index >= 15 is 0 Å². The Morgan fingerprint density at radius 3 is 1.68 bits per heavy atom. The summed E-state index contributed by atoms with van der Waals surface area (Å²) in [5.41, 5.74) is 7.04. The van der Waals surface area contributed by atoms with Gasteiger partial charge in [0.1, 0.15) is 11.0 Å². The molecule has 114 valence electrons. The molecule has 0 aliphatic heterocycles. The number of nitrogens with one attached hydrogen (secondary N) is 2. The van der Waals surface area contributed by atoms with E-state index < -0.39 is 0 Å². The zero-order chi connectivity index (χ0) is 15.7. The van der Waals surface area contributed by atoms with Crippen LogP contribution in [0.25, 0.3) is 20.4 Å². The molecular weight excluding hydrogens is 290 g/mol. The molecule has 0 saturated heterocycles. The predicted octanol–water partition coefficient (Wildman–Crippen LogP) is 5.21. The van der Waals surface area contributed by atoms with Crippen molar-refractivity contribution in [1.82, 2.24) is 4.98 Å². The van der Waals surface area contributed by atoms with Crippen molar-refractivity contribution in [3.8, 4) is 0 Å². The fraction of sp³-hybridized carbons (Fsp3) is 0.333. The average Bonchev–Trinajstić information content (AvgIpc) is 2.48. The van der Waals surface area contributed by atoms with Crippen LogP contribution in [-0.2, 0) is 0 Å². The fourth-order valence-electron chi connectivity index (χ4n) is 2.69. The molecule has 0 amide bonds. The highest BCUT2D eigenvalue weighted by Gasteiger charge is 2.16. The number of hydrogen-bond acceptors (Lipinski definition) is 3. The van der Waals surface area contributed by atoms with Crippen LogP contribution >= 0.6 is 11.3 Å². The first-order chi connectivity index (χ1) is 10.6. The summed E-state index contributed by atoms with van der Waals surface area (Å²) in [4.78, 5) is 4.86. The molecule has 2 N–H and O–H groups in total. The van der Waals surface area contributed by atoms with Crippen LogP contribution in [0.15, 0.2) is 24.3 Å². The van der Waals surface area contributed by atoms with E-state index in [0.29, 0.717) is 0 Å². The number of rotatable bonds is 4. The Morgan fingerprint density at radius 1 is 0.818 bits per heavy atom. The van der Waals surface area contributed by atoms with Crippen LogP contribution in [0.1, 0.15) is 25.0 Å². The summed E-state index contributed by atoms with van der Waals surface area (Å²) in [7, 11) is 0. The molecule has 0 aliphatic rings. The Bertz CT molecular complexity index is 776. The van der Waals surface area contributed by atoms with Gasteiger partial charge in [-0.15, -0.1) is 0 Å². The number of nitrogens with zero attached hydrogens (tertiary/aromatic N) is 1. The highest BCUT2D eigenvalue weighted by Crippen LogP contribution is 2.32. The van der Waals surface area contributed by atoms with Crippen molar-refractivity contribution < 1.29 is 0 Å². The molecule has 0 atom stereocenters. The number of benzene rings is 2. The molecule has 3 rings (SSSR count). The molecule has 0 radical (unpaired) electrons. The lowest BCUT2D eigenvalue weighted by atomic mass is 10.1. The van der Waals surface area contributed by atoms with E-state index in [4.69, 9.17) is 4.98 Å². The minimum absolute atomic E-state index is 0.932. The normalized spacial score (nSPS) is 11.1. The summed E-state index contributed by atoms with van der Waals surface area (Å²) < 4.78 is 2.45. The summed E-state index contributed by atoms with van der Waals surface area (Å²) in [5.74, 6) is 0. The molecule has 3 nitrogen and oxygen atoms in total. The smallest absolute Gasteiger partial charge is 0.259 e. The molecular formula is C18H22N3S+. The van der Waals surface area contributed by atoms with Crippen LogP contribution in [-0.4, -0.2) is 18.1 Å². The van der Waals surface area contributed by atoms with Gasteiger partial charge in [0.15, 0.2) is 0 Å². The zero-order valence-corrected chi connectivity index (χ0v) is 14.4. The van der Waals surface area contributed by atoms with Crippen molar-refractivity contribution in [2.75, 3.05) is 23.7 Å². The summed E-state index contributed by atoms with van der Waals surface area (Å²) in [6.45, 7) is 10.4. The largest absolute Gasteiger partial charge is 0.385 e. The second-order valence-electron chi connectivity index (χ2n) is 5.54. The second-order valence-corrected chi connectivity index (χ2v) is 6.63. The third-order valence-corrected chi connectivity index (χ3v) is 4.90. The van der Waals surface area contributed by atoms with E-state index in [1.807, 2.05) is 0 Å². The van der Waals surface area contributed by atoms with Gasteiger partial charge in [-0.05, 0) is 51.0 Å². The van der Waals surface area contributed by atoms with Gasteiger partial charge in [0, 0.05) is 36.6 Å². The maximum Gasteiger partial charge on any atom is 0.259 e. The zero-order valence-electron chi connectivity index (χ0n) is 13.6. The van der Waals surface area contributed by atoms with Crippen LogP contribution in [0, 0.1) is 13.8 Å². The number of anilines is 2. The number of aromatic nitrogens is 1. The van der Waals surface area contributed by atoms with Gasteiger partial charge in [0.05, 0.1) is 0 Å². The van der Waals surface area contributed by atoms with E-state index in [-0.39, 0.29) is 0 Å². The van der Waals surface area contributed by atoms with Gasteiger partial charge in [0.25, 0.3) is 9.40 Å². The standard InChI is InChI=1S/C18H22N3S/c1-5-19-13-9-17-15(7-11(13)3)21-16-8-12(4)14(20-6-2)10-18(16)22-17/h7-10,19-20H,5-6H2,1-4H3/q+1. The van der Waals surface area contributed by atoms with Crippen molar-refractivity contribution >= 4 is 43.1 Å². The predicted molar refractivity (Wildman–Crippen MR) is 99.3 cm³/mol. The quantitative estimate of drug-likeness (QED) is 0.513. The number of hydrogen-bond donors (Lipinski definition) is 2. The van der Waals surface area contributed by atoms with Crippen LogP contribution in [0.5, 0.6) is 0 Å². The van der Waals surface area contributed by atoms with Crippen LogP contribution in [0.2, 0.25) is 0 Å². The number of fused-ring (bicyclic) bond motifs is 2. The molecule has 0 aliphatic carbocycles. The van der Waals surface area contributed by atoms with Gasteiger partial charge in [-0.1, -0.05) is 0 Å². The van der Waals surface area contributed by atoms with Crippen molar-refractivity contribution in [2.45, 2.75) is 27.7 Å². The highest BCUT2D eigenvalue weighted by atomic mass is 32.1. The minimum Gasteiger partial charge on any atom is -0.385 e. The topological polar surface area (TPSA) is 37.0 Å². The lowest BCUT2D eigenvalue weighted by Gasteiger charge is -2.08. The lowest BCUT2D eigenvalue weighted by Crippen LogP contribution is -1.99. The summed E-state index contributed by atoms with van der Waals surface area (Å²) in [6, 6.07) is 8.80. The molecule has 4 heteroatoms. The molecule has 3 aromatic rings. The highest BCUT2D eigenvalue weighted by molar-refractivity contribution is 7.24. The van der Waals surface area contributed by atoms with E-state index in [9.17, 15) is 0 Å².